The van der Waals surface area contributed by atoms with Crippen LogP contribution in [0.15, 0.2) is 64.5 Å². The molecule has 7 nitrogen and oxygen atoms in total. The molecule has 0 aliphatic carbocycles. The number of hydrogen-bond acceptors (Lipinski definition) is 8. The van der Waals surface area contributed by atoms with E-state index >= 15 is 0 Å². The maximum Gasteiger partial charge on any atom is 0.301 e. The lowest BCUT2D eigenvalue weighted by atomic mass is 9.94. The number of thioether (sulfide) groups is 1. The molecule has 2 unspecified atom stereocenters. The Morgan fingerprint density at radius 2 is 1.76 bits per heavy atom. The second-order valence-electron chi connectivity index (χ2n) is 9.66. The van der Waals surface area contributed by atoms with Gasteiger partial charge in [0.1, 0.15) is 17.6 Å². The molecule has 2 atom stereocenters. The molecule has 214 valence electrons. The van der Waals surface area contributed by atoms with Gasteiger partial charge in [-0.2, -0.15) is 0 Å². The van der Waals surface area contributed by atoms with Crippen molar-refractivity contribution in [3.63, 3.8) is 0 Å². The van der Waals surface area contributed by atoms with E-state index < -0.39 is 17.7 Å². The molecule has 0 bridgehead atoms. The van der Waals surface area contributed by atoms with Crippen LogP contribution in [0.2, 0.25) is 20.1 Å². The van der Waals surface area contributed by atoms with Crippen molar-refractivity contribution < 1.29 is 19.4 Å². The van der Waals surface area contributed by atoms with Gasteiger partial charge in [0.15, 0.2) is 4.34 Å². The van der Waals surface area contributed by atoms with Gasteiger partial charge in [-0.15, -0.1) is 10.2 Å². The predicted molar refractivity (Wildman–Crippen MR) is 167 cm³/mol. The number of aliphatic hydroxyl groups excluding tert-OH is 1. The number of hydrogen-bond donors (Lipinski definition) is 1. The highest BCUT2D eigenvalue weighted by atomic mass is 35.5. The number of anilines is 1. The molecular formula is C29H19Cl4N3O4S2. The number of aromatic nitrogens is 2. The maximum atomic E-state index is 13.6. The quantitative estimate of drug-likeness (QED) is 0.0720. The first-order chi connectivity index (χ1) is 20.1. The standard InChI is InChI=1S/C29H19Cl4N3O4S2/c1-13-8-16-9-14(3-7-22(16)40-13)25(37)23-24(19-6-5-18(31)11-21(19)33)36(27(39)26(23)38)28-34-35-29(42-28)41-12-15-2-4-17(30)10-20(15)32/h2-7,9-11,13,24,37H,8,12H2,1H3/b25-23+. The summed E-state index contributed by atoms with van der Waals surface area (Å²) in [6, 6.07) is 14.1. The molecule has 2 aliphatic heterocycles. The summed E-state index contributed by atoms with van der Waals surface area (Å²) < 4.78 is 6.32. The summed E-state index contributed by atoms with van der Waals surface area (Å²) in [4.78, 5) is 28.3. The van der Waals surface area contributed by atoms with Crippen molar-refractivity contribution in [2.45, 2.75) is 35.6 Å². The van der Waals surface area contributed by atoms with Crippen molar-refractivity contribution in [1.29, 1.82) is 0 Å². The molecule has 2 aliphatic rings. The SMILES string of the molecule is CC1Cc2cc(/C(O)=C3\C(=O)C(=O)N(c4nnc(SCc5ccc(Cl)cc5Cl)s4)C3c3ccc(Cl)cc3Cl)ccc2O1. The van der Waals surface area contributed by atoms with Gasteiger partial charge in [0.2, 0.25) is 5.13 Å². The zero-order valence-electron chi connectivity index (χ0n) is 21.6. The largest absolute Gasteiger partial charge is 0.507 e. The third-order valence-electron chi connectivity index (χ3n) is 6.84. The van der Waals surface area contributed by atoms with Crippen molar-refractivity contribution in [2.75, 3.05) is 4.90 Å². The van der Waals surface area contributed by atoms with Crippen LogP contribution in [-0.4, -0.2) is 33.1 Å². The Kier molecular flexibility index (Phi) is 8.17. The van der Waals surface area contributed by atoms with Crippen molar-refractivity contribution in [3.05, 3.63) is 103 Å². The lowest BCUT2D eigenvalue weighted by Gasteiger charge is -2.23. The number of rotatable bonds is 6. The number of ether oxygens (including phenoxy) is 1. The van der Waals surface area contributed by atoms with Crippen molar-refractivity contribution in [3.8, 4) is 5.75 Å². The van der Waals surface area contributed by atoms with Gasteiger partial charge in [-0.1, -0.05) is 81.6 Å². The molecule has 42 heavy (non-hydrogen) atoms. The summed E-state index contributed by atoms with van der Waals surface area (Å²) in [7, 11) is 0. The Bertz CT molecular complexity index is 1790. The second kappa shape index (κ2) is 11.7. The molecule has 1 aromatic heterocycles. The number of carbonyl (C=O) groups is 2. The predicted octanol–water partition coefficient (Wildman–Crippen LogP) is 8.39. The Morgan fingerprint density at radius 3 is 2.50 bits per heavy atom. The molecule has 6 rings (SSSR count). The summed E-state index contributed by atoms with van der Waals surface area (Å²) in [5, 5.41) is 21.8. The van der Waals surface area contributed by atoms with Gasteiger partial charge < -0.3 is 9.84 Å². The number of carbonyl (C=O) groups excluding carboxylic acids is 2. The fourth-order valence-corrected chi connectivity index (χ4v) is 7.85. The number of nitrogens with zero attached hydrogens (tertiary/aromatic N) is 3. The molecule has 1 N–H and O–H groups in total. The first-order valence-corrected chi connectivity index (χ1v) is 15.9. The molecule has 0 saturated carbocycles. The van der Waals surface area contributed by atoms with Crippen LogP contribution >= 0.6 is 69.5 Å². The summed E-state index contributed by atoms with van der Waals surface area (Å²) in [6.07, 6.45) is 0.653. The van der Waals surface area contributed by atoms with Gasteiger partial charge in [-0.05, 0) is 66.1 Å². The Morgan fingerprint density at radius 1 is 1.02 bits per heavy atom. The van der Waals surface area contributed by atoms with E-state index in [4.69, 9.17) is 51.1 Å². The van der Waals surface area contributed by atoms with Gasteiger partial charge in [0, 0.05) is 37.8 Å². The summed E-state index contributed by atoms with van der Waals surface area (Å²) in [5.74, 6) is -0.859. The van der Waals surface area contributed by atoms with Crippen LogP contribution < -0.4 is 9.64 Å². The number of halogens is 4. The molecule has 0 spiro atoms. The van der Waals surface area contributed by atoms with Crippen LogP contribution in [0, 0.1) is 0 Å². The average molecular weight is 679 g/mol. The monoisotopic (exact) mass is 677 g/mol. The van der Waals surface area contributed by atoms with Crippen LogP contribution in [-0.2, 0) is 21.8 Å². The smallest absolute Gasteiger partial charge is 0.301 e. The number of Topliss-reactive ketones (excluding diaryl/α,β-unsaturated/α-hetero) is 1. The van der Waals surface area contributed by atoms with E-state index in [-0.39, 0.29) is 27.6 Å². The second-order valence-corrected chi connectivity index (χ2v) is 13.5. The molecule has 3 aromatic carbocycles. The Balaban J connectivity index is 1.40. The van der Waals surface area contributed by atoms with Crippen LogP contribution in [0.1, 0.15) is 35.2 Å². The van der Waals surface area contributed by atoms with Gasteiger partial charge in [0.25, 0.3) is 5.78 Å². The number of ketones is 1. The van der Waals surface area contributed by atoms with E-state index in [0.717, 1.165) is 28.2 Å². The summed E-state index contributed by atoms with van der Waals surface area (Å²) in [6.45, 7) is 1.95. The van der Waals surface area contributed by atoms with Gasteiger partial charge in [0.05, 0.1) is 11.6 Å². The fraction of sp³-hybridized carbons (Fsp3) is 0.172. The van der Waals surface area contributed by atoms with E-state index in [2.05, 4.69) is 10.2 Å². The first-order valence-electron chi connectivity index (χ1n) is 12.6. The number of benzene rings is 3. The van der Waals surface area contributed by atoms with E-state index in [0.29, 0.717) is 42.7 Å². The number of fused-ring (bicyclic) bond motifs is 1. The summed E-state index contributed by atoms with van der Waals surface area (Å²) >= 11 is 27.6. The third-order valence-corrected chi connectivity index (χ3v) is 10.1. The molecule has 1 fully saturated rings. The number of aliphatic hydroxyl groups is 1. The van der Waals surface area contributed by atoms with Crippen molar-refractivity contribution in [1.82, 2.24) is 10.2 Å². The third kappa shape index (κ3) is 5.50. The van der Waals surface area contributed by atoms with Crippen molar-refractivity contribution >= 4 is 92.1 Å². The van der Waals surface area contributed by atoms with E-state index in [1.165, 1.54) is 22.7 Å². The highest BCUT2D eigenvalue weighted by molar-refractivity contribution is 8.00. The topological polar surface area (TPSA) is 92.6 Å². The van der Waals surface area contributed by atoms with Gasteiger partial charge in [-0.3, -0.25) is 14.5 Å². The minimum Gasteiger partial charge on any atom is -0.507 e. The van der Waals surface area contributed by atoms with Crippen LogP contribution in [0.25, 0.3) is 5.76 Å². The molecule has 3 heterocycles. The average Bonchev–Trinajstić information content (AvgIpc) is 3.63. The van der Waals surface area contributed by atoms with Crippen LogP contribution in [0.4, 0.5) is 5.13 Å². The minimum absolute atomic E-state index is 0.00367. The lowest BCUT2D eigenvalue weighted by molar-refractivity contribution is -0.132. The zero-order valence-corrected chi connectivity index (χ0v) is 26.3. The van der Waals surface area contributed by atoms with Crippen molar-refractivity contribution in [2.24, 2.45) is 0 Å². The Hall–Kier alpha value is -2.79. The molecule has 4 aromatic rings. The fourth-order valence-electron chi connectivity index (χ4n) is 4.91. The van der Waals surface area contributed by atoms with Gasteiger partial charge >= 0.3 is 5.91 Å². The van der Waals surface area contributed by atoms with Crippen LogP contribution in [0.3, 0.4) is 0 Å². The Labute approximate surface area is 269 Å². The first kappa shape index (κ1) is 29.3. The minimum atomic E-state index is -1.07. The zero-order chi connectivity index (χ0) is 29.7. The molecule has 0 radical (unpaired) electrons. The van der Waals surface area contributed by atoms with Gasteiger partial charge in [-0.25, -0.2) is 0 Å². The maximum absolute atomic E-state index is 13.6. The molecular weight excluding hydrogens is 660 g/mol. The van der Waals surface area contributed by atoms with E-state index in [1.54, 1.807) is 42.5 Å². The van der Waals surface area contributed by atoms with E-state index in [1.807, 2.05) is 13.0 Å². The molecule has 1 amide bonds. The molecule has 1 saturated heterocycles. The molecule has 13 heteroatoms. The highest BCUT2D eigenvalue weighted by Crippen LogP contribution is 2.46. The lowest BCUT2D eigenvalue weighted by Crippen LogP contribution is -2.29. The van der Waals surface area contributed by atoms with E-state index in [9.17, 15) is 14.7 Å². The number of amides is 1. The van der Waals surface area contributed by atoms with Crippen LogP contribution in [0.5, 0.6) is 5.75 Å². The normalized spacial score (nSPS) is 19.3. The highest BCUT2D eigenvalue weighted by Gasteiger charge is 2.49. The summed E-state index contributed by atoms with van der Waals surface area (Å²) in [5.41, 5.74) is 2.41.